The van der Waals surface area contributed by atoms with Gasteiger partial charge in [-0.15, -0.1) is 0 Å². The Bertz CT molecular complexity index is 610. The van der Waals surface area contributed by atoms with Crippen molar-refractivity contribution in [1.82, 2.24) is 0 Å². The molecule has 0 spiro atoms. The van der Waals surface area contributed by atoms with Crippen LogP contribution in [0.1, 0.15) is 31.1 Å². The number of furan rings is 1. The van der Waals surface area contributed by atoms with E-state index in [2.05, 4.69) is 31.9 Å². The van der Waals surface area contributed by atoms with Gasteiger partial charge in [0.15, 0.2) is 16.2 Å². The largest absolute Gasteiger partial charge is 0.490 e. The van der Waals surface area contributed by atoms with Crippen molar-refractivity contribution in [2.24, 2.45) is 0 Å². The van der Waals surface area contributed by atoms with Crippen molar-refractivity contribution in [3.63, 3.8) is 0 Å². The van der Waals surface area contributed by atoms with Gasteiger partial charge in [0, 0.05) is 15.6 Å². The number of halogens is 2. The van der Waals surface area contributed by atoms with Gasteiger partial charge in [-0.3, -0.25) is 0 Å². The van der Waals surface area contributed by atoms with E-state index in [0.29, 0.717) is 40.5 Å². The first-order valence-corrected chi connectivity index (χ1v) is 8.17. The van der Waals surface area contributed by atoms with Gasteiger partial charge in [-0.25, -0.2) is 0 Å². The zero-order valence-corrected chi connectivity index (χ0v) is 14.9. The molecule has 1 aromatic heterocycles. The standard InChI is InChI=1S/C15H16Br2O4/c1-3-19-12-7-10(11(16)8-13(12)20-4-2)14(18)9-5-6-21-15(9)17/h5-8,14,18H,3-4H2,1-2H3. The lowest BCUT2D eigenvalue weighted by molar-refractivity contribution is 0.215. The van der Waals surface area contributed by atoms with Gasteiger partial charge < -0.3 is 19.0 Å². The second-order valence-corrected chi connectivity index (χ2v) is 5.81. The van der Waals surface area contributed by atoms with Gasteiger partial charge in [0.25, 0.3) is 0 Å². The summed E-state index contributed by atoms with van der Waals surface area (Å²) in [7, 11) is 0. The van der Waals surface area contributed by atoms with E-state index in [4.69, 9.17) is 13.9 Å². The summed E-state index contributed by atoms with van der Waals surface area (Å²) < 4.78 is 17.6. The maximum absolute atomic E-state index is 10.5. The average molecular weight is 420 g/mol. The molecule has 21 heavy (non-hydrogen) atoms. The zero-order valence-electron chi connectivity index (χ0n) is 11.7. The van der Waals surface area contributed by atoms with Crippen LogP contribution in [-0.4, -0.2) is 18.3 Å². The van der Waals surface area contributed by atoms with E-state index in [1.54, 1.807) is 18.2 Å². The Kier molecular flexibility index (Phi) is 5.72. The molecule has 2 rings (SSSR count). The molecule has 0 bridgehead atoms. The van der Waals surface area contributed by atoms with Crippen LogP contribution in [0.4, 0.5) is 0 Å². The van der Waals surface area contributed by atoms with Crippen LogP contribution in [-0.2, 0) is 0 Å². The molecule has 6 heteroatoms. The molecular weight excluding hydrogens is 404 g/mol. The molecule has 0 saturated carbocycles. The summed E-state index contributed by atoms with van der Waals surface area (Å²) in [6.07, 6.45) is 0.691. The van der Waals surface area contributed by atoms with E-state index in [9.17, 15) is 5.11 Å². The summed E-state index contributed by atoms with van der Waals surface area (Å²) in [5.41, 5.74) is 1.34. The molecule has 0 saturated heterocycles. The number of hydrogen-bond acceptors (Lipinski definition) is 4. The third-order valence-corrected chi connectivity index (χ3v) is 4.23. The Morgan fingerprint density at radius 1 is 1.10 bits per heavy atom. The maximum atomic E-state index is 10.5. The van der Waals surface area contributed by atoms with Crippen LogP contribution < -0.4 is 9.47 Å². The second kappa shape index (κ2) is 7.33. The highest BCUT2D eigenvalue weighted by Gasteiger charge is 2.21. The predicted octanol–water partition coefficient (Wildman–Crippen LogP) is 4.68. The molecule has 114 valence electrons. The summed E-state index contributed by atoms with van der Waals surface area (Å²) in [6, 6.07) is 5.31. The average Bonchev–Trinajstić information content (AvgIpc) is 2.87. The molecule has 1 unspecified atom stereocenters. The van der Waals surface area contributed by atoms with Crippen LogP contribution in [0.25, 0.3) is 0 Å². The molecule has 1 heterocycles. The van der Waals surface area contributed by atoms with E-state index < -0.39 is 6.10 Å². The van der Waals surface area contributed by atoms with Crippen LogP contribution in [0.2, 0.25) is 0 Å². The highest BCUT2D eigenvalue weighted by atomic mass is 79.9. The number of rotatable bonds is 6. The van der Waals surface area contributed by atoms with Crippen molar-refractivity contribution in [1.29, 1.82) is 0 Å². The normalized spacial score (nSPS) is 12.2. The minimum absolute atomic E-state index is 0.508. The van der Waals surface area contributed by atoms with E-state index in [-0.39, 0.29) is 0 Å². The molecule has 1 N–H and O–H groups in total. The summed E-state index contributed by atoms with van der Waals surface area (Å²) in [5.74, 6) is 1.25. The van der Waals surface area contributed by atoms with Crippen molar-refractivity contribution in [3.8, 4) is 11.5 Å². The van der Waals surface area contributed by atoms with E-state index >= 15 is 0 Å². The van der Waals surface area contributed by atoms with Crippen molar-refractivity contribution in [2.45, 2.75) is 20.0 Å². The Balaban J connectivity index is 2.44. The first-order chi connectivity index (χ1) is 10.1. The fraction of sp³-hybridized carbons (Fsp3) is 0.333. The van der Waals surface area contributed by atoms with Gasteiger partial charge in [0.2, 0.25) is 0 Å². The molecule has 0 aliphatic rings. The highest BCUT2D eigenvalue weighted by Crippen LogP contribution is 2.39. The lowest BCUT2D eigenvalue weighted by atomic mass is 10.0. The van der Waals surface area contributed by atoms with Crippen LogP contribution in [0.15, 0.2) is 38.0 Å². The minimum Gasteiger partial charge on any atom is -0.490 e. The Morgan fingerprint density at radius 2 is 1.71 bits per heavy atom. The van der Waals surface area contributed by atoms with Gasteiger partial charge in [0.1, 0.15) is 6.10 Å². The van der Waals surface area contributed by atoms with Crippen molar-refractivity contribution >= 4 is 31.9 Å². The van der Waals surface area contributed by atoms with Crippen molar-refractivity contribution < 1.29 is 19.0 Å². The quantitative estimate of drug-likeness (QED) is 0.738. The van der Waals surface area contributed by atoms with Gasteiger partial charge >= 0.3 is 0 Å². The van der Waals surface area contributed by atoms with Crippen molar-refractivity contribution in [3.05, 3.63) is 44.7 Å². The van der Waals surface area contributed by atoms with Gasteiger partial charge in [-0.05, 0) is 48.0 Å². The van der Waals surface area contributed by atoms with Gasteiger partial charge in [-0.1, -0.05) is 15.9 Å². The third kappa shape index (κ3) is 3.62. The third-order valence-electron chi connectivity index (χ3n) is 2.90. The van der Waals surface area contributed by atoms with E-state index in [0.717, 1.165) is 4.47 Å². The molecule has 1 aromatic carbocycles. The van der Waals surface area contributed by atoms with Gasteiger partial charge in [0.05, 0.1) is 19.5 Å². The van der Waals surface area contributed by atoms with E-state index in [1.807, 2.05) is 13.8 Å². The van der Waals surface area contributed by atoms with Crippen LogP contribution in [0.3, 0.4) is 0 Å². The molecule has 0 fully saturated rings. The summed E-state index contributed by atoms with van der Waals surface area (Å²) >= 11 is 6.75. The zero-order chi connectivity index (χ0) is 15.4. The first kappa shape index (κ1) is 16.4. The smallest absolute Gasteiger partial charge is 0.175 e. The second-order valence-electron chi connectivity index (χ2n) is 4.24. The Morgan fingerprint density at radius 3 is 2.24 bits per heavy atom. The summed E-state index contributed by atoms with van der Waals surface area (Å²) in [5, 5.41) is 10.5. The summed E-state index contributed by atoms with van der Waals surface area (Å²) in [6.45, 7) is 4.88. The Labute approximate surface area is 140 Å². The lowest BCUT2D eigenvalue weighted by Crippen LogP contribution is -2.04. The SMILES string of the molecule is CCOc1cc(Br)c(C(O)c2ccoc2Br)cc1OCC. The molecule has 2 aromatic rings. The van der Waals surface area contributed by atoms with Gasteiger partial charge in [-0.2, -0.15) is 0 Å². The number of aliphatic hydroxyl groups is 1. The summed E-state index contributed by atoms with van der Waals surface area (Å²) in [4.78, 5) is 0. The number of hydrogen-bond donors (Lipinski definition) is 1. The molecule has 4 nitrogen and oxygen atoms in total. The van der Waals surface area contributed by atoms with Crippen LogP contribution >= 0.6 is 31.9 Å². The monoisotopic (exact) mass is 418 g/mol. The van der Waals surface area contributed by atoms with Crippen LogP contribution in [0, 0.1) is 0 Å². The predicted molar refractivity (Wildman–Crippen MR) is 86.9 cm³/mol. The molecular formula is C15H16Br2O4. The van der Waals surface area contributed by atoms with Crippen molar-refractivity contribution in [2.75, 3.05) is 13.2 Å². The first-order valence-electron chi connectivity index (χ1n) is 6.58. The molecule has 1 atom stereocenters. The van der Waals surface area contributed by atoms with E-state index in [1.165, 1.54) is 6.26 Å². The number of benzene rings is 1. The molecule has 0 aliphatic carbocycles. The van der Waals surface area contributed by atoms with Crippen LogP contribution in [0.5, 0.6) is 11.5 Å². The lowest BCUT2D eigenvalue weighted by Gasteiger charge is -2.17. The number of aliphatic hydroxyl groups excluding tert-OH is 1. The number of ether oxygens (including phenoxy) is 2. The fourth-order valence-electron chi connectivity index (χ4n) is 1.96. The molecule has 0 aliphatic heterocycles. The topological polar surface area (TPSA) is 51.8 Å². The maximum Gasteiger partial charge on any atom is 0.175 e. The molecule has 0 radical (unpaired) electrons. The highest BCUT2D eigenvalue weighted by molar-refractivity contribution is 9.10. The molecule has 0 amide bonds. The minimum atomic E-state index is -0.831. The Hall–Kier alpha value is -0.980. The fourth-order valence-corrected chi connectivity index (χ4v) is 2.96.